The largest absolute Gasteiger partial charge is 0.417 e. The van der Waals surface area contributed by atoms with Crippen molar-refractivity contribution in [1.82, 2.24) is 9.97 Å². The van der Waals surface area contributed by atoms with Crippen LogP contribution in [0.2, 0.25) is 5.02 Å². The molecular formula is C19H16ClF3N6O. The highest BCUT2D eigenvalue weighted by atomic mass is 35.5. The van der Waals surface area contributed by atoms with E-state index < -0.39 is 16.8 Å². The second-order valence-corrected chi connectivity index (χ2v) is 6.59. The third-order valence-corrected chi connectivity index (χ3v) is 4.22. The zero-order valence-corrected chi connectivity index (χ0v) is 16.3. The van der Waals surface area contributed by atoms with Gasteiger partial charge >= 0.3 is 6.18 Å². The fraction of sp³-hybridized carbons (Fsp3) is 0.105. The summed E-state index contributed by atoms with van der Waals surface area (Å²) in [5.41, 5.74) is 6.57. The fourth-order valence-corrected chi connectivity index (χ4v) is 2.75. The van der Waals surface area contributed by atoms with Crippen LogP contribution in [0.3, 0.4) is 0 Å². The molecule has 0 saturated carbocycles. The van der Waals surface area contributed by atoms with E-state index in [0.29, 0.717) is 11.4 Å². The second kappa shape index (κ2) is 8.46. The van der Waals surface area contributed by atoms with Gasteiger partial charge < -0.3 is 21.7 Å². The molecule has 5 N–H and O–H groups in total. The minimum atomic E-state index is -4.60. The minimum absolute atomic E-state index is 0.104. The number of nitrogens with two attached hydrogens (primary N) is 1. The van der Waals surface area contributed by atoms with Crippen molar-refractivity contribution in [2.24, 2.45) is 0 Å². The summed E-state index contributed by atoms with van der Waals surface area (Å²) in [4.78, 5) is 19.1. The highest BCUT2D eigenvalue weighted by molar-refractivity contribution is 6.31. The van der Waals surface area contributed by atoms with Crippen molar-refractivity contribution in [1.29, 1.82) is 0 Å². The van der Waals surface area contributed by atoms with Crippen LogP contribution in [0.25, 0.3) is 0 Å². The number of benzene rings is 2. The van der Waals surface area contributed by atoms with E-state index in [1.807, 2.05) is 0 Å². The third-order valence-electron chi connectivity index (χ3n) is 3.89. The number of alkyl halides is 3. The molecule has 1 heterocycles. The first kappa shape index (κ1) is 21.2. The minimum Gasteiger partial charge on any atom is -0.393 e. The number of nitrogens with zero attached hydrogens (tertiary/aromatic N) is 2. The molecule has 0 saturated heterocycles. The molecule has 0 fully saturated rings. The summed E-state index contributed by atoms with van der Waals surface area (Å²) < 4.78 is 39.2. The zero-order valence-electron chi connectivity index (χ0n) is 15.5. The number of halogens is 4. The molecule has 7 nitrogen and oxygen atoms in total. The van der Waals surface area contributed by atoms with E-state index in [9.17, 15) is 18.0 Å². The fourth-order valence-electron chi connectivity index (χ4n) is 2.53. The van der Waals surface area contributed by atoms with Crippen LogP contribution in [-0.4, -0.2) is 15.9 Å². The van der Waals surface area contributed by atoms with Crippen molar-refractivity contribution in [3.8, 4) is 0 Å². The van der Waals surface area contributed by atoms with Gasteiger partial charge in [-0.2, -0.15) is 13.2 Å². The van der Waals surface area contributed by atoms with E-state index in [-0.39, 0.29) is 28.9 Å². The summed E-state index contributed by atoms with van der Waals surface area (Å²) in [6.07, 6.45) is -3.38. The molecule has 3 rings (SSSR count). The van der Waals surface area contributed by atoms with Crippen molar-refractivity contribution in [2.45, 2.75) is 13.1 Å². The Labute approximate surface area is 174 Å². The Morgan fingerprint density at radius 1 is 0.967 bits per heavy atom. The van der Waals surface area contributed by atoms with Crippen LogP contribution in [0.1, 0.15) is 12.5 Å². The van der Waals surface area contributed by atoms with Crippen LogP contribution in [0.4, 0.5) is 47.6 Å². The van der Waals surface area contributed by atoms with Gasteiger partial charge in [0.05, 0.1) is 10.6 Å². The van der Waals surface area contributed by atoms with Crippen LogP contribution in [0, 0.1) is 0 Å². The Hall–Kier alpha value is -3.53. The average molecular weight is 437 g/mol. The van der Waals surface area contributed by atoms with Gasteiger partial charge in [0.1, 0.15) is 12.0 Å². The van der Waals surface area contributed by atoms with Gasteiger partial charge in [0.15, 0.2) is 11.6 Å². The zero-order chi connectivity index (χ0) is 21.9. The number of carbonyl (C=O) groups excluding carboxylic acids is 1. The van der Waals surface area contributed by atoms with Gasteiger partial charge in [-0.05, 0) is 42.5 Å². The molecule has 0 radical (unpaired) electrons. The maximum atomic E-state index is 13.1. The van der Waals surface area contributed by atoms with Crippen LogP contribution in [0.15, 0.2) is 48.8 Å². The first-order valence-electron chi connectivity index (χ1n) is 8.52. The Morgan fingerprint density at radius 3 is 2.07 bits per heavy atom. The number of anilines is 6. The summed E-state index contributed by atoms with van der Waals surface area (Å²) in [6, 6.07) is 10.2. The Kier molecular flexibility index (Phi) is 5.97. The molecule has 30 heavy (non-hydrogen) atoms. The average Bonchev–Trinajstić information content (AvgIpc) is 2.66. The van der Waals surface area contributed by atoms with Crippen molar-refractivity contribution >= 4 is 51.9 Å². The smallest absolute Gasteiger partial charge is 0.393 e. The van der Waals surface area contributed by atoms with E-state index in [2.05, 4.69) is 25.9 Å². The first-order valence-corrected chi connectivity index (χ1v) is 8.90. The van der Waals surface area contributed by atoms with E-state index in [1.165, 1.54) is 19.3 Å². The summed E-state index contributed by atoms with van der Waals surface area (Å²) in [6.45, 7) is 1.40. The van der Waals surface area contributed by atoms with Crippen LogP contribution >= 0.6 is 11.6 Å². The van der Waals surface area contributed by atoms with Crippen molar-refractivity contribution in [2.75, 3.05) is 21.7 Å². The summed E-state index contributed by atoms with van der Waals surface area (Å²) in [5.74, 6) is 0.185. The molecule has 0 aliphatic rings. The predicted octanol–water partition coefficient (Wildman–Crippen LogP) is 5.18. The summed E-state index contributed by atoms with van der Waals surface area (Å²) >= 11 is 5.64. The lowest BCUT2D eigenvalue weighted by molar-refractivity contribution is -0.137. The lowest BCUT2D eigenvalue weighted by Gasteiger charge is -2.15. The quantitative estimate of drug-likeness (QED) is 0.439. The third kappa shape index (κ3) is 5.09. The molecule has 2 aromatic carbocycles. The molecule has 0 aliphatic heterocycles. The molecule has 1 amide bonds. The predicted molar refractivity (Wildman–Crippen MR) is 110 cm³/mol. The number of rotatable bonds is 5. The Balaban J connectivity index is 1.81. The molecule has 0 aliphatic carbocycles. The maximum absolute atomic E-state index is 13.1. The number of hydrogen-bond donors (Lipinski definition) is 4. The lowest BCUT2D eigenvalue weighted by atomic mass is 10.2. The van der Waals surface area contributed by atoms with Gasteiger partial charge in [-0.1, -0.05) is 11.6 Å². The monoisotopic (exact) mass is 436 g/mol. The lowest BCUT2D eigenvalue weighted by Crippen LogP contribution is -2.08. The van der Waals surface area contributed by atoms with Crippen molar-refractivity contribution < 1.29 is 18.0 Å². The molecule has 0 unspecified atom stereocenters. The highest BCUT2D eigenvalue weighted by Gasteiger charge is 2.33. The van der Waals surface area contributed by atoms with Gasteiger partial charge in [0.2, 0.25) is 5.91 Å². The molecule has 156 valence electrons. The summed E-state index contributed by atoms with van der Waals surface area (Å²) in [7, 11) is 0. The molecule has 0 spiro atoms. The number of amides is 1. The van der Waals surface area contributed by atoms with E-state index in [0.717, 1.165) is 12.1 Å². The highest BCUT2D eigenvalue weighted by Crippen LogP contribution is 2.37. The van der Waals surface area contributed by atoms with Gasteiger partial charge in [0, 0.05) is 24.0 Å². The van der Waals surface area contributed by atoms with Crippen molar-refractivity contribution in [3.05, 3.63) is 59.4 Å². The van der Waals surface area contributed by atoms with Gasteiger partial charge in [0.25, 0.3) is 0 Å². The van der Waals surface area contributed by atoms with Crippen LogP contribution < -0.4 is 21.7 Å². The molecule has 11 heteroatoms. The topological polar surface area (TPSA) is 105 Å². The normalized spacial score (nSPS) is 11.1. The number of nitrogens with one attached hydrogen (secondary N) is 3. The van der Waals surface area contributed by atoms with E-state index >= 15 is 0 Å². The Morgan fingerprint density at radius 2 is 1.50 bits per heavy atom. The van der Waals surface area contributed by atoms with Crippen LogP contribution in [-0.2, 0) is 11.0 Å². The first-order chi connectivity index (χ1) is 14.1. The molecular weight excluding hydrogens is 421 g/mol. The molecule has 3 aromatic rings. The van der Waals surface area contributed by atoms with Gasteiger partial charge in [-0.25, -0.2) is 9.97 Å². The van der Waals surface area contributed by atoms with Crippen molar-refractivity contribution in [3.63, 3.8) is 0 Å². The second-order valence-electron chi connectivity index (χ2n) is 6.19. The molecule has 1 aromatic heterocycles. The van der Waals surface area contributed by atoms with Crippen LogP contribution in [0.5, 0.6) is 0 Å². The van der Waals surface area contributed by atoms with E-state index in [4.69, 9.17) is 17.3 Å². The molecule has 0 bridgehead atoms. The Bertz CT molecular complexity index is 1070. The standard InChI is InChI=1S/C19H16ClF3N6O/c1-10(30)27-11-2-4-12(5-3-11)28-17-16(24)18(26-9-25-17)29-13-6-7-15(20)14(8-13)19(21,22)23/h2-9H,24H2,1H3,(H,27,30)(H2,25,26,28,29). The number of aromatic nitrogens is 2. The van der Waals surface area contributed by atoms with Gasteiger partial charge in [-0.15, -0.1) is 0 Å². The number of carbonyl (C=O) groups is 1. The SMILES string of the molecule is CC(=O)Nc1ccc(Nc2ncnc(Nc3ccc(Cl)c(C(F)(F)F)c3)c2N)cc1. The number of nitrogen functional groups attached to an aromatic ring is 1. The van der Waals surface area contributed by atoms with E-state index in [1.54, 1.807) is 24.3 Å². The van der Waals surface area contributed by atoms with Gasteiger partial charge in [-0.3, -0.25) is 4.79 Å². The molecule has 0 atom stereocenters. The maximum Gasteiger partial charge on any atom is 0.417 e. The summed E-state index contributed by atoms with van der Waals surface area (Å²) in [5, 5.41) is 7.98. The number of hydrogen-bond acceptors (Lipinski definition) is 6.